The normalized spacial score (nSPS) is 14.0. The number of hydrogen-bond donors (Lipinski definition) is 8. The first-order valence-electron chi connectivity index (χ1n) is 11.3. The highest BCUT2D eigenvalue weighted by Gasteiger charge is 2.31. The Bertz CT molecular complexity index is 943. The van der Waals surface area contributed by atoms with Crippen LogP contribution in [0, 0.1) is 0 Å². The lowest BCUT2D eigenvalue weighted by atomic mass is 10.1. The second-order valence-electron chi connectivity index (χ2n) is 8.13. The largest absolute Gasteiger partial charge is 0.481 e. The van der Waals surface area contributed by atoms with Gasteiger partial charge in [-0.05, 0) is 31.3 Å². The van der Waals surface area contributed by atoms with E-state index >= 15 is 0 Å². The molecule has 0 aliphatic rings. The van der Waals surface area contributed by atoms with E-state index in [0.29, 0.717) is 11.4 Å². The molecular formula is C21H33N7O8S. The quantitative estimate of drug-likeness (QED) is 0.0976. The number of carbonyl (C=O) groups excluding carboxylic acids is 4. The van der Waals surface area contributed by atoms with Gasteiger partial charge in [0.05, 0.1) is 12.4 Å². The second-order valence-corrected chi connectivity index (χ2v) is 9.11. The lowest BCUT2D eigenvalue weighted by Crippen LogP contribution is -2.57. The lowest BCUT2D eigenvalue weighted by Gasteiger charge is -2.25. The average Bonchev–Trinajstić information content (AvgIpc) is 3.34. The molecule has 1 heterocycles. The highest BCUT2D eigenvalue weighted by atomic mass is 32.2. The summed E-state index contributed by atoms with van der Waals surface area (Å²) in [6.45, 7) is 0. The summed E-state index contributed by atoms with van der Waals surface area (Å²) in [7, 11) is 0. The zero-order chi connectivity index (χ0) is 28.0. The van der Waals surface area contributed by atoms with Crippen molar-refractivity contribution in [2.75, 3.05) is 12.0 Å². The van der Waals surface area contributed by atoms with Crippen LogP contribution in [0.4, 0.5) is 0 Å². The van der Waals surface area contributed by atoms with E-state index in [1.165, 1.54) is 24.3 Å². The Kier molecular flexibility index (Phi) is 13.7. The second kappa shape index (κ2) is 16.2. The van der Waals surface area contributed by atoms with Crippen LogP contribution in [0.1, 0.15) is 37.8 Å². The monoisotopic (exact) mass is 543 g/mol. The van der Waals surface area contributed by atoms with Gasteiger partial charge in [-0.2, -0.15) is 11.8 Å². The number of rotatable bonds is 18. The maximum Gasteiger partial charge on any atom is 0.326 e. The number of nitrogens with two attached hydrogens (primary N) is 2. The first kappa shape index (κ1) is 31.4. The zero-order valence-electron chi connectivity index (χ0n) is 20.3. The van der Waals surface area contributed by atoms with Crippen LogP contribution in [0.3, 0.4) is 0 Å². The predicted molar refractivity (Wildman–Crippen MR) is 132 cm³/mol. The molecule has 0 saturated carbocycles. The zero-order valence-corrected chi connectivity index (χ0v) is 21.1. The predicted octanol–water partition coefficient (Wildman–Crippen LogP) is -2.30. The Balaban J connectivity index is 3.05. The summed E-state index contributed by atoms with van der Waals surface area (Å²) < 4.78 is 0. The van der Waals surface area contributed by atoms with Crippen LogP contribution in [0.25, 0.3) is 0 Å². The number of amides is 4. The van der Waals surface area contributed by atoms with E-state index < -0.39 is 59.7 Å². The van der Waals surface area contributed by atoms with E-state index in [0.717, 1.165) is 0 Å². The number of H-pyrrole nitrogens is 1. The number of imidazole rings is 1. The van der Waals surface area contributed by atoms with E-state index in [-0.39, 0.29) is 38.5 Å². The molecule has 0 radical (unpaired) electrons. The van der Waals surface area contributed by atoms with Gasteiger partial charge >= 0.3 is 11.9 Å². The third kappa shape index (κ3) is 12.2. The van der Waals surface area contributed by atoms with Gasteiger partial charge in [-0.1, -0.05) is 0 Å². The first-order valence-corrected chi connectivity index (χ1v) is 12.7. The number of aromatic nitrogens is 2. The van der Waals surface area contributed by atoms with Crippen LogP contribution in [-0.2, 0) is 35.2 Å². The number of carboxylic acids is 2. The molecule has 4 unspecified atom stereocenters. The summed E-state index contributed by atoms with van der Waals surface area (Å²) in [6, 6.07) is -5.03. The Morgan fingerprint density at radius 2 is 1.57 bits per heavy atom. The molecule has 0 saturated heterocycles. The van der Waals surface area contributed by atoms with Crippen LogP contribution in [0.5, 0.6) is 0 Å². The molecule has 0 bridgehead atoms. The van der Waals surface area contributed by atoms with Gasteiger partial charge in [-0.3, -0.25) is 24.0 Å². The Morgan fingerprint density at radius 3 is 2.11 bits per heavy atom. The van der Waals surface area contributed by atoms with Crippen molar-refractivity contribution in [2.24, 2.45) is 11.5 Å². The molecule has 1 rings (SSSR count). The van der Waals surface area contributed by atoms with E-state index in [1.54, 1.807) is 6.26 Å². The Hall–Kier alpha value is -3.66. The van der Waals surface area contributed by atoms with Gasteiger partial charge in [0, 0.05) is 31.2 Å². The molecule has 4 amide bonds. The van der Waals surface area contributed by atoms with Gasteiger partial charge in [-0.15, -0.1) is 0 Å². The number of carboxylic acid groups (broad SMARTS) is 2. The van der Waals surface area contributed by atoms with E-state index in [2.05, 4.69) is 25.9 Å². The fraction of sp³-hybridized carbons (Fsp3) is 0.571. The molecule has 15 nitrogen and oxygen atoms in total. The number of thioether (sulfide) groups is 1. The Morgan fingerprint density at radius 1 is 0.946 bits per heavy atom. The summed E-state index contributed by atoms with van der Waals surface area (Å²) in [5.74, 6) is -5.15. The molecule has 0 aliphatic carbocycles. The minimum atomic E-state index is -1.34. The molecule has 0 fully saturated rings. The number of nitrogens with one attached hydrogen (secondary N) is 4. The molecule has 1 aromatic rings. The van der Waals surface area contributed by atoms with Crippen LogP contribution >= 0.6 is 11.8 Å². The number of nitrogens with zero attached hydrogens (tertiary/aromatic N) is 1. The van der Waals surface area contributed by atoms with Crippen molar-refractivity contribution in [1.29, 1.82) is 0 Å². The van der Waals surface area contributed by atoms with E-state index in [9.17, 15) is 33.9 Å². The molecule has 0 aliphatic heterocycles. The minimum absolute atomic E-state index is 0.0845. The van der Waals surface area contributed by atoms with Crippen molar-refractivity contribution in [1.82, 2.24) is 25.9 Å². The molecule has 10 N–H and O–H groups in total. The standard InChI is InChI=1S/C21H33N7O8S/c1-37-7-6-14(21(35)36)27-19(33)13(3-4-16(23)29)26-20(34)15(8-11-9-24-10-25-11)28-18(32)12(22)2-5-17(30)31/h9-10,12-15H,2-8,22H2,1H3,(H2,23,29)(H,24,25)(H,26,34)(H,27,33)(H,28,32)(H,30,31)(H,35,36). The summed E-state index contributed by atoms with van der Waals surface area (Å²) in [5, 5.41) is 25.4. The molecule has 16 heteroatoms. The van der Waals surface area contributed by atoms with Gasteiger partial charge in [0.1, 0.15) is 18.1 Å². The van der Waals surface area contributed by atoms with Crippen molar-refractivity contribution in [3.63, 3.8) is 0 Å². The minimum Gasteiger partial charge on any atom is -0.481 e. The van der Waals surface area contributed by atoms with Crippen LogP contribution in [0.2, 0.25) is 0 Å². The van der Waals surface area contributed by atoms with Crippen LogP contribution in [-0.4, -0.2) is 91.9 Å². The van der Waals surface area contributed by atoms with E-state index in [4.69, 9.17) is 16.6 Å². The van der Waals surface area contributed by atoms with Crippen molar-refractivity contribution >= 4 is 47.3 Å². The van der Waals surface area contributed by atoms with Gasteiger partial charge < -0.3 is 42.6 Å². The fourth-order valence-corrected chi connectivity index (χ4v) is 3.58. The van der Waals surface area contributed by atoms with Crippen molar-refractivity contribution < 1.29 is 39.0 Å². The van der Waals surface area contributed by atoms with Crippen molar-refractivity contribution in [3.05, 3.63) is 18.2 Å². The molecule has 0 spiro atoms. The van der Waals surface area contributed by atoms with Gasteiger partial charge in [0.25, 0.3) is 0 Å². The number of hydrogen-bond acceptors (Lipinski definition) is 9. The molecule has 4 atom stereocenters. The third-order valence-corrected chi connectivity index (χ3v) is 5.80. The number of aliphatic carboxylic acids is 2. The summed E-state index contributed by atoms with van der Waals surface area (Å²) in [5.41, 5.74) is 11.4. The molecule has 37 heavy (non-hydrogen) atoms. The molecule has 0 aromatic carbocycles. The summed E-state index contributed by atoms with van der Waals surface area (Å²) in [6.07, 6.45) is 3.57. The number of primary amides is 1. The molecule has 206 valence electrons. The Labute approximate surface area is 216 Å². The number of carbonyl (C=O) groups is 6. The lowest BCUT2D eigenvalue weighted by molar-refractivity contribution is -0.142. The summed E-state index contributed by atoms with van der Waals surface area (Å²) >= 11 is 1.39. The summed E-state index contributed by atoms with van der Waals surface area (Å²) in [4.78, 5) is 78.7. The maximum absolute atomic E-state index is 13.1. The van der Waals surface area contributed by atoms with Crippen LogP contribution < -0.4 is 27.4 Å². The van der Waals surface area contributed by atoms with E-state index in [1.807, 2.05) is 0 Å². The van der Waals surface area contributed by atoms with Crippen molar-refractivity contribution in [3.8, 4) is 0 Å². The average molecular weight is 544 g/mol. The first-order chi connectivity index (χ1) is 17.4. The highest BCUT2D eigenvalue weighted by molar-refractivity contribution is 7.98. The highest BCUT2D eigenvalue weighted by Crippen LogP contribution is 2.06. The van der Waals surface area contributed by atoms with Gasteiger partial charge in [-0.25, -0.2) is 9.78 Å². The molecule has 1 aromatic heterocycles. The topological polar surface area (TPSA) is 260 Å². The van der Waals surface area contributed by atoms with Gasteiger partial charge in [0.15, 0.2) is 0 Å². The van der Waals surface area contributed by atoms with Crippen molar-refractivity contribution in [2.45, 2.75) is 62.7 Å². The smallest absolute Gasteiger partial charge is 0.326 e. The van der Waals surface area contributed by atoms with Crippen LogP contribution in [0.15, 0.2) is 12.5 Å². The molecular weight excluding hydrogens is 510 g/mol. The third-order valence-electron chi connectivity index (χ3n) is 5.16. The maximum atomic E-state index is 13.1. The fourth-order valence-electron chi connectivity index (χ4n) is 3.11. The number of aromatic amines is 1. The van der Waals surface area contributed by atoms with Gasteiger partial charge in [0.2, 0.25) is 23.6 Å². The SMILES string of the molecule is CSCCC(NC(=O)C(CCC(N)=O)NC(=O)C(Cc1cnc[nH]1)NC(=O)C(N)CCC(=O)O)C(=O)O.